The average Bonchev–Trinajstić information content (AvgIpc) is 2.00. The number of nitrogens with zero attached hydrogens (tertiary/aromatic N) is 1. The van der Waals surface area contributed by atoms with Gasteiger partial charge in [-0.15, -0.1) is 0 Å². The first-order chi connectivity index (χ1) is 5.22. The first kappa shape index (κ1) is 10.2. The quantitative estimate of drug-likeness (QED) is 0.560. The summed E-state index contributed by atoms with van der Waals surface area (Å²) < 4.78 is 4.53. The summed E-state index contributed by atoms with van der Waals surface area (Å²) in [5.74, 6) is 0. The number of hydrogen-bond donors (Lipinski definition) is 2. The molecule has 0 aliphatic carbocycles. The van der Waals surface area contributed by atoms with Gasteiger partial charge < -0.3 is 19.8 Å². The number of ether oxygens (including phenoxy) is 1. The Bertz CT molecular complexity index is 117. The van der Waals surface area contributed by atoms with Gasteiger partial charge in [0.1, 0.15) is 6.61 Å². The van der Waals surface area contributed by atoms with E-state index in [-0.39, 0.29) is 26.4 Å². The highest BCUT2D eigenvalue weighted by Gasteiger charge is 2.07. The minimum absolute atomic E-state index is 0.00536. The molecule has 0 aliphatic heterocycles. The molecule has 0 unspecified atom stereocenters. The van der Waals surface area contributed by atoms with Crippen LogP contribution in [-0.4, -0.2) is 54.6 Å². The van der Waals surface area contributed by atoms with E-state index in [4.69, 9.17) is 10.2 Å². The summed E-state index contributed by atoms with van der Waals surface area (Å²) in [6, 6.07) is 0. The minimum Gasteiger partial charge on any atom is -0.447 e. The molecule has 0 fully saturated rings. The van der Waals surface area contributed by atoms with Gasteiger partial charge in [-0.2, -0.15) is 0 Å². The van der Waals surface area contributed by atoms with Crippen molar-refractivity contribution in [2.24, 2.45) is 0 Å². The molecule has 66 valence electrons. The van der Waals surface area contributed by atoms with Gasteiger partial charge in [-0.05, 0) is 0 Å². The molecule has 0 aliphatic rings. The number of carbonyl (C=O) groups is 1. The summed E-state index contributed by atoms with van der Waals surface area (Å²) in [6.07, 6.45) is -0.534. The number of rotatable bonds is 4. The van der Waals surface area contributed by atoms with Crippen molar-refractivity contribution in [1.29, 1.82) is 0 Å². The second-order valence-electron chi connectivity index (χ2n) is 1.98. The lowest BCUT2D eigenvalue weighted by Crippen LogP contribution is -2.30. The summed E-state index contributed by atoms with van der Waals surface area (Å²) in [5, 5.41) is 16.7. The molecular weight excluding hydrogens is 150 g/mol. The van der Waals surface area contributed by atoms with E-state index < -0.39 is 6.09 Å². The Morgan fingerprint density at radius 1 is 1.45 bits per heavy atom. The molecule has 1 amide bonds. The van der Waals surface area contributed by atoms with Gasteiger partial charge in [0.05, 0.1) is 13.2 Å². The molecule has 0 rings (SSSR count). The highest BCUT2D eigenvalue weighted by Crippen LogP contribution is 1.87. The first-order valence-corrected chi connectivity index (χ1v) is 3.32. The highest BCUT2D eigenvalue weighted by molar-refractivity contribution is 5.67. The van der Waals surface area contributed by atoms with Crippen molar-refractivity contribution in [3.05, 3.63) is 0 Å². The Kier molecular flexibility index (Phi) is 5.50. The van der Waals surface area contributed by atoms with Gasteiger partial charge in [-0.3, -0.25) is 0 Å². The topological polar surface area (TPSA) is 70.0 Å². The maximum absolute atomic E-state index is 10.8. The maximum atomic E-state index is 10.8. The SMILES string of the molecule is CN(CCO)C(=O)OCCO. The first-order valence-electron chi connectivity index (χ1n) is 3.32. The molecule has 0 bridgehead atoms. The third-order valence-electron chi connectivity index (χ3n) is 1.06. The number of carbonyl (C=O) groups excluding carboxylic acids is 1. The fourth-order valence-corrected chi connectivity index (χ4v) is 0.484. The van der Waals surface area contributed by atoms with E-state index in [1.54, 1.807) is 0 Å². The molecule has 0 aromatic carbocycles. The molecule has 0 saturated heterocycles. The number of aliphatic hydroxyl groups excluding tert-OH is 2. The Morgan fingerprint density at radius 2 is 2.09 bits per heavy atom. The number of amides is 1. The van der Waals surface area contributed by atoms with Crippen LogP contribution in [0.5, 0.6) is 0 Å². The van der Waals surface area contributed by atoms with E-state index in [2.05, 4.69) is 4.74 Å². The van der Waals surface area contributed by atoms with Crippen LogP contribution in [0, 0.1) is 0 Å². The Hall–Kier alpha value is -0.810. The second-order valence-corrected chi connectivity index (χ2v) is 1.98. The Morgan fingerprint density at radius 3 is 2.55 bits per heavy atom. The summed E-state index contributed by atoms with van der Waals surface area (Å²) >= 11 is 0. The summed E-state index contributed by atoms with van der Waals surface area (Å²) in [5.41, 5.74) is 0. The predicted molar refractivity (Wildman–Crippen MR) is 38.1 cm³/mol. The largest absolute Gasteiger partial charge is 0.447 e. The predicted octanol–water partition coefficient (Wildman–Crippen LogP) is -0.961. The van der Waals surface area contributed by atoms with Crippen LogP contribution < -0.4 is 0 Å². The van der Waals surface area contributed by atoms with Crippen LogP contribution in [0.1, 0.15) is 0 Å². The van der Waals surface area contributed by atoms with Gasteiger partial charge in [0.15, 0.2) is 0 Å². The second kappa shape index (κ2) is 5.94. The smallest absolute Gasteiger partial charge is 0.409 e. The van der Waals surface area contributed by atoms with E-state index in [0.717, 1.165) is 0 Å². The molecule has 5 heteroatoms. The van der Waals surface area contributed by atoms with Gasteiger partial charge >= 0.3 is 6.09 Å². The van der Waals surface area contributed by atoms with Crippen LogP contribution >= 0.6 is 0 Å². The Balaban J connectivity index is 3.47. The minimum atomic E-state index is -0.534. The number of likely N-dealkylation sites (N-methyl/N-ethyl adjacent to an activating group) is 1. The van der Waals surface area contributed by atoms with E-state index >= 15 is 0 Å². The third-order valence-corrected chi connectivity index (χ3v) is 1.06. The molecule has 0 radical (unpaired) electrons. The lowest BCUT2D eigenvalue weighted by Gasteiger charge is -2.14. The molecular formula is C6H13NO4. The van der Waals surface area contributed by atoms with E-state index in [0.29, 0.717) is 0 Å². The summed E-state index contributed by atoms with van der Waals surface area (Å²) in [7, 11) is 1.51. The molecule has 0 aromatic rings. The normalized spacial score (nSPS) is 9.36. The van der Waals surface area contributed by atoms with Crippen molar-refractivity contribution in [2.75, 3.05) is 33.4 Å². The zero-order valence-corrected chi connectivity index (χ0v) is 6.49. The van der Waals surface area contributed by atoms with Crippen LogP contribution in [0.25, 0.3) is 0 Å². The number of hydrogen-bond acceptors (Lipinski definition) is 4. The fraction of sp³-hybridized carbons (Fsp3) is 0.833. The molecule has 5 nitrogen and oxygen atoms in total. The van der Waals surface area contributed by atoms with Crippen LogP contribution in [0.4, 0.5) is 4.79 Å². The third kappa shape index (κ3) is 4.58. The van der Waals surface area contributed by atoms with Gasteiger partial charge in [-0.1, -0.05) is 0 Å². The monoisotopic (exact) mass is 163 g/mol. The van der Waals surface area contributed by atoms with Crippen molar-refractivity contribution in [1.82, 2.24) is 4.90 Å². The van der Waals surface area contributed by atoms with E-state index in [9.17, 15) is 4.79 Å². The van der Waals surface area contributed by atoms with Crippen LogP contribution in [0.3, 0.4) is 0 Å². The van der Waals surface area contributed by atoms with Crippen molar-refractivity contribution in [3.63, 3.8) is 0 Å². The molecule has 2 N–H and O–H groups in total. The van der Waals surface area contributed by atoms with Gasteiger partial charge in [0.25, 0.3) is 0 Å². The molecule has 0 spiro atoms. The standard InChI is InChI=1S/C6H13NO4/c1-7(2-3-8)6(10)11-5-4-9/h8-9H,2-5H2,1H3. The maximum Gasteiger partial charge on any atom is 0.409 e. The van der Waals surface area contributed by atoms with Crippen LogP contribution in [-0.2, 0) is 4.74 Å². The average molecular weight is 163 g/mol. The van der Waals surface area contributed by atoms with Crippen molar-refractivity contribution in [3.8, 4) is 0 Å². The zero-order chi connectivity index (χ0) is 8.69. The van der Waals surface area contributed by atoms with E-state index in [1.165, 1.54) is 11.9 Å². The van der Waals surface area contributed by atoms with Crippen molar-refractivity contribution in [2.45, 2.75) is 0 Å². The molecule has 0 saturated carbocycles. The lowest BCUT2D eigenvalue weighted by atomic mass is 10.6. The fourth-order valence-electron chi connectivity index (χ4n) is 0.484. The zero-order valence-electron chi connectivity index (χ0n) is 6.49. The van der Waals surface area contributed by atoms with Gasteiger partial charge in [0, 0.05) is 13.6 Å². The van der Waals surface area contributed by atoms with E-state index in [1.807, 2.05) is 0 Å². The van der Waals surface area contributed by atoms with Crippen LogP contribution in [0.15, 0.2) is 0 Å². The van der Waals surface area contributed by atoms with Crippen molar-refractivity contribution < 1.29 is 19.7 Å². The van der Waals surface area contributed by atoms with Gasteiger partial charge in [-0.25, -0.2) is 4.79 Å². The van der Waals surface area contributed by atoms with Crippen LogP contribution in [0.2, 0.25) is 0 Å². The molecule has 0 aromatic heterocycles. The summed E-state index contributed by atoms with van der Waals surface area (Å²) in [6.45, 7) is -0.0394. The van der Waals surface area contributed by atoms with Gasteiger partial charge in [0.2, 0.25) is 0 Å². The molecule has 11 heavy (non-hydrogen) atoms. The highest BCUT2D eigenvalue weighted by atomic mass is 16.6. The lowest BCUT2D eigenvalue weighted by molar-refractivity contribution is 0.0859. The van der Waals surface area contributed by atoms with Crippen molar-refractivity contribution >= 4 is 6.09 Å². The molecule has 0 heterocycles. The summed E-state index contributed by atoms with van der Waals surface area (Å²) in [4.78, 5) is 12.0. The number of aliphatic hydroxyl groups is 2. The molecule has 0 atom stereocenters. The Labute approximate surface area is 65.2 Å².